The SMILES string of the molecule is CCCNC1CC(CC)(CC)Oc2ccccc21. The topological polar surface area (TPSA) is 21.3 Å². The van der Waals surface area contributed by atoms with Crippen LogP contribution in [0.2, 0.25) is 0 Å². The predicted octanol–water partition coefficient (Wildman–Crippen LogP) is 4.07. The zero-order valence-corrected chi connectivity index (χ0v) is 11.8. The molecule has 0 saturated heterocycles. The molecule has 0 amide bonds. The van der Waals surface area contributed by atoms with Crippen LogP contribution in [0.1, 0.15) is 58.1 Å². The van der Waals surface area contributed by atoms with Crippen molar-refractivity contribution in [3.8, 4) is 5.75 Å². The number of nitrogens with one attached hydrogen (secondary N) is 1. The summed E-state index contributed by atoms with van der Waals surface area (Å²) >= 11 is 0. The number of ether oxygens (including phenoxy) is 1. The van der Waals surface area contributed by atoms with E-state index in [9.17, 15) is 0 Å². The molecule has 1 aliphatic rings. The van der Waals surface area contributed by atoms with Gasteiger partial charge in [-0.25, -0.2) is 0 Å². The highest BCUT2D eigenvalue weighted by atomic mass is 16.5. The van der Waals surface area contributed by atoms with Crippen LogP contribution in [0.3, 0.4) is 0 Å². The summed E-state index contributed by atoms with van der Waals surface area (Å²) in [4.78, 5) is 0. The van der Waals surface area contributed by atoms with Crippen molar-refractivity contribution in [2.45, 2.75) is 58.1 Å². The van der Waals surface area contributed by atoms with Gasteiger partial charge in [-0.1, -0.05) is 39.0 Å². The third-order valence-electron chi connectivity index (χ3n) is 4.13. The first-order chi connectivity index (χ1) is 8.74. The van der Waals surface area contributed by atoms with Crippen molar-refractivity contribution >= 4 is 0 Å². The number of benzene rings is 1. The van der Waals surface area contributed by atoms with Crippen LogP contribution in [-0.4, -0.2) is 12.1 Å². The second kappa shape index (κ2) is 5.75. The smallest absolute Gasteiger partial charge is 0.124 e. The molecule has 2 nitrogen and oxygen atoms in total. The third kappa shape index (κ3) is 2.54. The first-order valence-electron chi connectivity index (χ1n) is 7.26. The van der Waals surface area contributed by atoms with Crippen molar-refractivity contribution in [3.63, 3.8) is 0 Å². The summed E-state index contributed by atoms with van der Waals surface area (Å²) in [6.07, 6.45) is 4.39. The van der Waals surface area contributed by atoms with Gasteiger partial charge in [0.05, 0.1) is 0 Å². The lowest BCUT2D eigenvalue weighted by Gasteiger charge is -2.41. The molecule has 0 fully saturated rings. The molecule has 1 heterocycles. The average molecular weight is 247 g/mol. The molecule has 1 atom stereocenters. The van der Waals surface area contributed by atoms with Gasteiger partial charge in [-0.05, 0) is 31.9 Å². The minimum absolute atomic E-state index is 0.0137. The van der Waals surface area contributed by atoms with Crippen molar-refractivity contribution in [2.24, 2.45) is 0 Å². The lowest BCUT2D eigenvalue weighted by Crippen LogP contribution is -2.43. The van der Waals surface area contributed by atoms with E-state index in [1.807, 2.05) is 0 Å². The van der Waals surface area contributed by atoms with Crippen molar-refractivity contribution in [3.05, 3.63) is 29.8 Å². The molecular weight excluding hydrogens is 222 g/mol. The van der Waals surface area contributed by atoms with E-state index in [0.717, 1.165) is 31.6 Å². The molecule has 0 aromatic heterocycles. The van der Waals surface area contributed by atoms with E-state index in [0.29, 0.717) is 6.04 Å². The molecule has 1 aromatic rings. The highest BCUT2D eigenvalue weighted by Gasteiger charge is 2.37. The number of fused-ring (bicyclic) bond motifs is 1. The summed E-state index contributed by atoms with van der Waals surface area (Å²) in [6.45, 7) is 7.75. The fraction of sp³-hybridized carbons (Fsp3) is 0.625. The zero-order valence-electron chi connectivity index (χ0n) is 11.8. The van der Waals surface area contributed by atoms with Crippen LogP contribution in [0.5, 0.6) is 5.75 Å². The minimum atomic E-state index is 0.0137. The Bertz CT molecular complexity index is 384. The Balaban J connectivity index is 2.28. The van der Waals surface area contributed by atoms with Crippen LogP contribution >= 0.6 is 0 Å². The van der Waals surface area contributed by atoms with Crippen molar-refractivity contribution in [1.29, 1.82) is 0 Å². The zero-order chi connectivity index (χ0) is 13.0. The van der Waals surface area contributed by atoms with E-state index < -0.39 is 0 Å². The second-order valence-corrected chi connectivity index (χ2v) is 5.24. The molecule has 1 aromatic carbocycles. The molecular formula is C16H25NO. The van der Waals surface area contributed by atoms with Crippen molar-refractivity contribution in [2.75, 3.05) is 6.54 Å². The Morgan fingerprint density at radius 3 is 2.61 bits per heavy atom. The summed E-state index contributed by atoms with van der Waals surface area (Å²) in [5, 5.41) is 3.67. The molecule has 0 spiro atoms. The summed E-state index contributed by atoms with van der Waals surface area (Å²) < 4.78 is 6.29. The fourth-order valence-corrected chi connectivity index (χ4v) is 2.80. The first-order valence-corrected chi connectivity index (χ1v) is 7.26. The molecule has 2 rings (SSSR count). The normalized spacial score (nSPS) is 21.2. The number of hydrogen-bond acceptors (Lipinski definition) is 2. The summed E-state index contributed by atoms with van der Waals surface area (Å²) in [7, 11) is 0. The van der Waals surface area contributed by atoms with E-state index in [1.165, 1.54) is 12.0 Å². The van der Waals surface area contributed by atoms with Gasteiger partial charge in [-0.3, -0.25) is 0 Å². The van der Waals surface area contributed by atoms with Gasteiger partial charge in [0.2, 0.25) is 0 Å². The van der Waals surface area contributed by atoms with E-state index in [-0.39, 0.29) is 5.60 Å². The van der Waals surface area contributed by atoms with Gasteiger partial charge in [0.15, 0.2) is 0 Å². The van der Waals surface area contributed by atoms with Crippen molar-refractivity contribution in [1.82, 2.24) is 5.32 Å². The van der Waals surface area contributed by atoms with Crippen LogP contribution in [0.25, 0.3) is 0 Å². The third-order valence-corrected chi connectivity index (χ3v) is 4.13. The van der Waals surface area contributed by atoms with Crippen LogP contribution < -0.4 is 10.1 Å². The Labute approximate surface area is 111 Å². The minimum Gasteiger partial charge on any atom is -0.487 e. The quantitative estimate of drug-likeness (QED) is 0.847. The van der Waals surface area contributed by atoms with Gasteiger partial charge in [-0.15, -0.1) is 0 Å². The maximum atomic E-state index is 6.29. The maximum absolute atomic E-state index is 6.29. The lowest BCUT2D eigenvalue weighted by molar-refractivity contribution is 0.0229. The van der Waals surface area contributed by atoms with Crippen LogP contribution in [0.15, 0.2) is 24.3 Å². The molecule has 2 heteroatoms. The highest BCUT2D eigenvalue weighted by Crippen LogP contribution is 2.42. The van der Waals surface area contributed by atoms with Gasteiger partial charge in [0.25, 0.3) is 0 Å². The predicted molar refractivity (Wildman–Crippen MR) is 76.0 cm³/mol. The first kappa shape index (κ1) is 13.4. The van der Waals surface area contributed by atoms with Gasteiger partial charge < -0.3 is 10.1 Å². The summed E-state index contributed by atoms with van der Waals surface area (Å²) in [5.74, 6) is 1.07. The van der Waals surface area contributed by atoms with Crippen molar-refractivity contribution < 1.29 is 4.74 Å². The molecule has 1 unspecified atom stereocenters. The number of para-hydroxylation sites is 1. The molecule has 0 aliphatic carbocycles. The molecule has 0 saturated carbocycles. The second-order valence-electron chi connectivity index (χ2n) is 5.24. The highest BCUT2D eigenvalue weighted by molar-refractivity contribution is 5.38. The average Bonchev–Trinajstić information content (AvgIpc) is 2.44. The number of rotatable bonds is 5. The molecule has 1 N–H and O–H groups in total. The van der Waals surface area contributed by atoms with Gasteiger partial charge in [0, 0.05) is 18.0 Å². The maximum Gasteiger partial charge on any atom is 0.124 e. The molecule has 0 radical (unpaired) electrons. The standard InChI is InChI=1S/C16H25NO/c1-4-11-17-14-12-16(5-2,6-3)18-15-10-8-7-9-13(14)15/h7-10,14,17H,4-6,11-12H2,1-3H3. The van der Waals surface area contributed by atoms with E-state index in [4.69, 9.17) is 4.74 Å². The summed E-state index contributed by atoms with van der Waals surface area (Å²) in [5.41, 5.74) is 1.34. The fourth-order valence-electron chi connectivity index (χ4n) is 2.80. The lowest BCUT2D eigenvalue weighted by atomic mass is 9.83. The van der Waals surface area contributed by atoms with Crippen LogP contribution in [-0.2, 0) is 0 Å². The largest absolute Gasteiger partial charge is 0.487 e. The van der Waals surface area contributed by atoms with Crippen LogP contribution in [0, 0.1) is 0 Å². The molecule has 0 bridgehead atoms. The van der Waals surface area contributed by atoms with Crippen LogP contribution in [0.4, 0.5) is 0 Å². The van der Waals surface area contributed by atoms with E-state index >= 15 is 0 Å². The van der Waals surface area contributed by atoms with E-state index in [1.54, 1.807) is 0 Å². The molecule has 100 valence electrons. The monoisotopic (exact) mass is 247 g/mol. The Hall–Kier alpha value is -1.02. The van der Waals surface area contributed by atoms with Gasteiger partial charge in [0.1, 0.15) is 11.4 Å². The molecule has 18 heavy (non-hydrogen) atoms. The molecule has 1 aliphatic heterocycles. The Morgan fingerprint density at radius 1 is 1.22 bits per heavy atom. The number of hydrogen-bond donors (Lipinski definition) is 1. The Kier molecular flexibility index (Phi) is 4.28. The van der Waals surface area contributed by atoms with Gasteiger partial charge in [-0.2, -0.15) is 0 Å². The van der Waals surface area contributed by atoms with E-state index in [2.05, 4.69) is 50.4 Å². The summed E-state index contributed by atoms with van der Waals surface area (Å²) in [6, 6.07) is 8.91. The Morgan fingerprint density at radius 2 is 1.94 bits per heavy atom. The van der Waals surface area contributed by atoms with Gasteiger partial charge >= 0.3 is 0 Å².